The number of anilines is 1. The third kappa shape index (κ3) is 4.10. The van der Waals surface area contributed by atoms with Crippen molar-refractivity contribution in [3.05, 3.63) is 48.3 Å². The quantitative estimate of drug-likeness (QED) is 0.731. The first-order chi connectivity index (χ1) is 12.2. The van der Waals surface area contributed by atoms with Gasteiger partial charge in [0.05, 0.1) is 20.6 Å². The van der Waals surface area contributed by atoms with Gasteiger partial charge in [0.1, 0.15) is 5.01 Å². The number of ether oxygens (including phenoxy) is 2. The third-order valence-corrected chi connectivity index (χ3v) is 4.30. The van der Waals surface area contributed by atoms with Crippen LogP contribution in [0, 0.1) is 0 Å². The Balaban J connectivity index is 1.66. The average Bonchev–Trinajstić information content (AvgIpc) is 3.10. The number of carbonyl (C=O) groups is 1. The number of nitrogens with one attached hydrogen (secondary N) is 1. The molecule has 7 nitrogen and oxygen atoms in total. The van der Waals surface area contributed by atoms with Crippen LogP contribution in [0.15, 0.2) is 42.7 Å². The van der Waals surface area contributed by atoms with Crippen molar-refractivity contribution in [1.29, 1.82) is 0 Å². The Labute approximate surface area is 148 Å². The summed E-state index contributed by atoms with van der Waals surface area (Å²) < 4.78 is 10.4. The van der Waals surface area contributed by atoms with E-state index in [0.717, 1.165) is 16.1 Å². The van der Waals surface area contributed by atoms with Gasteiger partial charge in [-0.1, -0.05) is 17.4 Å². The second-order valence-corrected chi connectivity index (χ2v) is 6.04. The Bertz CT molecular complexity index is 867. The van der Waals surface area contributed by atoms with Crippen molar-refractivity contribution in [3.8, 4) is 22.1 Å². The molecule has 0 saturated carbocycles. The maximum absolute atomic E-state index is 12.2. The molecule has 3 rings (SSSR count). The summed E-state index contributed by atoms with van der Waals surface area (Å²) in [5, 5.41) is 12.0. The van der Waals surface area contributed by atoms with Gasteiger partial charge in [-0.3, -0.25) is 9.78 Å². The molecule has 25 heavy (non-hydrogen) atoms. The van der Waals surface area contributed by atoms with E-state index in [0.29, 0.717) is 16.6 Å². The molecule has 3 aromatic rings. The lowest BCUT2D eigenvalue weighted by Crippen LogP contribution is -2.14. The van der Waals surface area contributed by atoms with Crippen LogP contribution in [-0.2, 0) is 11.2 Å². The van der Waals surface area contributed by atoms with Crippen molar-refractivity contribution in [2.45, 2.75) is 6.42 Å². The Morgan fingerprint density at radius 3 is 2.56 bits per heavy atom. The van der Waals surface area contributed by atoms with E-state index in [9.17, 15) is 4.79 Å². The van der Waals surface area contributed by atoms with Crippen LogP contribution < -0.4 is 14.8 Å². The number of methoxy groups -OCH3 is 2. The smallest absolute Gasteiger partial charge is 0.230 e. The van der Waals surface area contributed by atoms with Crippen molar-refractivity contribution >= 4 is 22.4 Å². The third-order valence-electron chi connectivity index (χ3n) is 3.41. The van der Waals surface area contributed by atoms with Crippen LogP contribution in [0.2, 0.25) is 0 Å². The van der Waals surface area contributed by atoms with Crippen LogP contribution in [0.1, 0.15) is 5.56 Å². The molecule has 1 N–H and O–H groups in total. The molecule has 8 heteroatoms. The predicted molar refractivity (Wildman–Crippen MR) is 95.0 cm³/mol. The fraction of sp³-hybridized carbons (Fsp3) is 0.176. The minimum atomic E-state index is -0.176. The molecule has 0 bridgehead atoms. The van der Waals surface area contributed by atoms with E-state index in [1.165, 1.54) is 11.3 Å². The summed E-state index contributed by atoms with van der Waals surface area (Å²) in [5.41, 5.74) is 1.72. The Morgan fingerprint density at radius 1 is 1.08 bits per heavy atom. The number of aromatic nitrogens is 3. The molecule has 0 atom stereocenters. The number of hydrogen-bond acceptors (Lipinski definition) is 7. The van der Waals surface area contributed by atoms with Gasteiger partial charge in [0.25, 0.3) is 0 Å². The van der Waals surface area contributed by atoms with E-state index in [-0.39, 0.29) is 12.3 Å². The van der Waals surface area contributed by atoms with E-state index >= 15 is 0 Å². The molecular formula is C17H16N4O3S. The van der Waals surface area contributed by atoms with E-state index in [1.807, 2.05) is 18.2 Å². The maximum Gasteiger partial charge on any atom is 0.230 e. The molecule has 0 unspecified atom stereocenters. The highest BCUT2D eigenvalue weighted by atomic mass is 32.1. The van der Waals surface area contributed by atoms with Gasteiger partial charge in [-0.2, -0.15) is 0 Å². The van der Waals surface area contributed by atoms with Crippen LogP contribution in [0.25, 0.3) is 10.6 Å². The summed E-state index contributed by atoms with van der Waals surface area (Å²) in [7, 11) is 3.13. The molecule has 0 aliphatic heterocycles. The van der Waals surface area contributed by atoms with Crippen molar-refractivity contribution in [2.75, 3.05) is 19.5 Å². The number of carbonyl (C=O) groups excluding carboxylic acids is 1. The molecule has 0 aliphatic rings. The lowest BCUT2D eigenvalue weighted by atomic mass is 10.1. The highest BCUT2D eigenvalue weighted by molar-refractivity contribution is 7.18. The van der Waals surface area contributed by atoms with Gasteiger partial charge < -0.3 is 14.8 Å². The van der Waals surface area contributed by atoms with Crippen LogP contribution >= 0.6 is 11.3 Å². The number of pyridine rings is 1. The first kappa shape index (κ1) is 16.8. The lowest BCUT2D eigenvalue weighted by Gasteiger charge is -2.09. The molecular weight excluding hydrogens is 340 g/mol. The van der Waals surface area contributed by atoms with Crippen molar-refractivity contribution in [3.63, 3.8) is 0 Å². The SMILES string of the molecule is COc1ccc(CC(=O)Nc2nnc(-c3ccncc3)s2)cc1OC. The van der Waals surface area contributed by atoms with Gasteiger partial charge >= 0.3 is 0 Å². The monoisotopic (exact) mass is 356 g/mol. The minimum absolute atomic E-state index is 0.176. The molecule has 0 radical (unpaired) electrons. The number of rotatable bonds is 6. The molecule has 0 aliphatic carbocycles. The van der Waals surface area contributed by atoms with Crippen LogP contribution in [0.3, 0.4) is 0 Å². The van der Waals surface area contributed by atoms with Crippen LogP contribution in [0.4, 0.5) is 5.13 Å². The van der Waals surface area contributed by atoms with Crippen LogP contribution in [0.5, 0.6) is 11.5 Å². The highest BCUT2D eigenvalue weighted by Crippen LogP contribution is 2.28. The molecule has 1 aromatic carbocycles. The maximum atomic E-state index is 12.2. The minimum Gasteiger partial charge on any atom is -0.493 e. The first-order valence-corrected chi connectivity index (χ1v) is 8.26. The Hall–Kier alpha value is -3.00. The Kier molecular flexibility index (Phi) is 5.20. The zero-order valence-electron chi connectivity index (χ0n) is 13.7. The number of benzene rings is 1. The zero-order valence-corrected chi connectivity index (χ0v) is 14.5. The van der Waals surface area contributed by atoms with Gasteiger partial charge in [-0.25, -0.2) is 0 Å². The molecule has 0 saturated heterocycles. The van der Waals surface area contributed by atoms with E-state index < -0.39 is 0 Å². The average molecular weight is 356 g/mol. The van der Waals surface area contributed by atoms with Gasteiger partial charge in [-0.05, 0) is 29.8 Å². The summed E-state index contributed by atoms with van der Waals surface area (Å²) in [5.74, 6) is 1.03. The summed E-state index contributed by atoms with van der Waals surface area (Å²) >= 11 is 1.31. The normalized spacial score (nSPS) is 10.3. The molecule has 1 amide bonds. The lowest BCUT2D eigenvalue weighted by molar-refractivity contribution is -0.115. The van der Waals surface area contributed by atoms with Gasteiger partial charge in [0.2, 0.25) is 11.0 Å². The summed E-state index contributed by atoms with van der Waals surface area (Å²) in [6.45, 7) is 0. The molecule has 128 valence electrons. The fourth-order valence-corrected chi connectivity index (χ4v) is 2.99. The zero-order chi connectivity index (χ0) is 17.6. The highest BCUT2D eigenvalue weighted by Gasteiger charge is 2.12. The summed E-state index contributed by atoms with van der Waals surface area (Å²) in [6.07, 6.45) is 3.57. The molecule has 0 fully saturated rings. The number of nitrogens with zero attached hydrogens (tertiary/aromatic N) is 3. The van der Waals surface area contributed by atoms with Crippen molar-refractivity contribution in [2.24, 2.45) is 0 Å². The van der Waals surface area contributed by atoms with E-state index in [2.05, 4.69) is 20.5 Å². The van der Waals surface area contributed by atoms with Gasteiger partial charge in [0.15, 0.2) is 11.5 Å². The second-order valence-electron chi connectivity index (χ2n) is 5.06. The van der Waals surface area contributed by atoms with E-state index in [1.54, 1.807) is 38.7 Å². The molecule has 0 spiro atoms. The van der Waals surface area contributed by atoms with Crippen LogP contribution in [-0.4, -0.2) is 35.3 Å². The topological polar surface area (TPSA) is 86.2 Å². The standard InChI is InChI=1S/C17H16N4O3S/c1-23-13-4-3-11(9-14(13)24-2)10-15(22)19-17-21-20-16(25-17)12-5-7-18-8-6-12/h3-9H,10H2,1-2H3,(H,19,21,22). The second kappa shape index (κ2) is 7.71. The Morgan fingerprint density at radius 2 is 1.84 bits per heavy atom. The summed E-state index contributed by atoms with van der Waals surface area (Å²) in [4.78, 5) is 16.2. The van der Waals surface area contributed by atoms with Gasteiger partial charge in [0, 0.05) is 18.0 Å². The molecule has 2 heterocycles. The number of amides is 1. The molecule has 2 aromatic heterocycles. The van der Waals surface area contributed by atoms with Crippen molar-refractivity contribution < 1.29 is 14.3 Å². The van der Waals surface area contributed by atoms with Gasteiger partial charge in [-0.15, -0.1) is 10.2 Å². The first-order valence-electron chi connectivity index (χ1n) is 7.44. The number of hydrogen-bond donors (Lipinski definition) is 1. The van der Waals surface area contributed by atoms with E-state index in [4.69, 9.17) is 9.47 Å². The largest absolute Gasteiger partial charge is 0.493 e. The fourth-order valence-electron chi connectivity index (χ4n) is 2.22. The summed E-state index contributed by atoms with van der Waals surface area (Å²) in [6, 6.07) is 9.06. The predicted octanol–water partition coefficient (Wildman–Crippen LogP) is 2.80. The van der Waals surface area contributed by atoms with Crippen molar-refractivity contribution in [1.82, 2.24) is 15.2 Å².